The average molecular weight is 356 g/mol. The normalized spacial score (nSPS) is 26.4. The minimum atomic E-state index is -3.19. The molecule has 2 heterocycles. The SMILES string of the molecule is CCCC1CN(Cc2noc(C3CCCC3)n2)CC1NS(C)(=O)=O. The summed E-state index contributed by atoms with van der Waals surface area (Å²) in [5, 5.41) is 4.13. The van der Waals surface area contributed by atoms with Gasteiger partial charge in [0.05, 0.1) is 12.8 Å². The van der Waals surface area contributed by atoms with Crippen LogP contribution in [-0.4, -0.2) is 48.8 Å². The van der Waals surface area contributed by atoms with Gasteiger partial charge in [0.15, 0.2) is 5.82 Å². The van der Waals surface area contributed by atoms with Gasteiger partial charge in [-0.2, -0.15) is 4.98 Å². The van der Waals surface area contributed by atoms with Gasteiger partial charge in [-0.15, -0.1) is 0 Å². The summed E-state index contributed by atoms with van der Waals surface area (Å²) in [6, 6.07) is -0.0267. The summed E-state index contributed by atoms with van der Waals surface area (Å²) in [7, 11) is -3.19. The third kappa shape index (κ3) is 4.55. The predicted octanol–water partition coefficient (Wildman–Crippen LogP) is 1.88. The Labute approximate surface area is 144 Å². The van der Waals surface area contributed by atoms with E-state index in [0.717, 1.165) is 38.1 Å². The van der Waals surface area contributed by atoms with Gasteiger partial charge in [-0.3, -0.25) is 4.90 Å². The Morgan fingerprint density at radius 3 is 2.71 bits per heavy atom. The van der Waals surface area contributed by atoms with Gasteiger partial charge in [-0.05, 0) is 25.2 Å². The minimum absolute atomic E-state index is 0.0267. The maximum absolute atomic E-state index is 11.6. The average Bonchev–Trinajstić information content (AvgIpc) is 3.20. The molecule has 1 aromatic heterocycles. The molecule has 3 rings (SSSR count). The van der Waals surface area contributed by atoms with Crippen molar-refractivity contribution in [3.63, 3.8) is 0 Å². The van der Waals surface area contributed by atoms with Gasteiger partial charge in [0.1, 0.15) is 0 Å². The van der Waals surface area contributed by atoms with Crippen LogP contribution in [0.1, 0.15) is 63.1 Å². The van der Waals surface area contributed by atoms with E-state index in [1.165, 1.54) is 19.1 Å². The number of sulfonamides is 1. The number of hydrogen-bond acceptors (Lipinski definition) is 6. The number of aromatic nitrogens is 2. The molecule has 7 nitrogen and oxygen atoms in total. The summed E-state index contributed by atoms with van der Waals surface area (Å²) in [5.41, 5.74) is 0. The summed E-state index contributed by atoms with van der Waals surface area (Å²) < 4.78 is 31.4. The molecule has 1 saturated carbocycles. The fraction of sp³-hybridized carbons (Fsp3) is 0.875. The van der Waals surface area contributed by atoms with Crippen molar-refractivity contribution < 1.29 is 12.9 Å². The lowest BCUT2D eigenvalue weighted by molar-refractivity contribution is 0.293. The summed E-state index contributed by atoms with van der Waals surface area (Å²) in [6.07, 6.45) is 8.07. The van der Waals surface area contributed by atoms with Crippen LogP contribution in [0.4, 0.5) is 0 Å². The highest BCUT2D eigenvalue weighted by atomic mass is 32.2. The molecule has 1 aliphatic carbocycles. The Morgan fingerprint density at radius 1 is 1.29 bits per heavy atom. The number of nitrogens with zero attached hydrogens (tertiary/aromatic N) is 3. The second-order valence-electron chi connectivity index (χ2n) is 7.27. The van der Waals surface area contributed by atoms with Crippen molar-refractivity contribution in [2.75, 3.05) is 19.3 Å². The van der Waals surface area contributed by atoms with Gasteiger partial charge in [-0.1, -0.05) is 31.3 Å². The molecule has 2 fully saturated rings. The minimum Gasteiger partial charge on any atom is -0.339 e. The fourth-order valence-corrected chi connectivity index (χ4v) is 4.85. The Bertz CT molecular complexity index is 640. The number of nitrogens with one attached hydrogen (secondary N) is 1. The van der Waals surface area contributed by atoms with Crippen LogP contribution in [0.25, 0.3) is 0 Å². The van der Waals surface area contributed by atoms with Crippen molar-refractivity contribution in [3.05, 3.63) is 11.7 Å². The highest BCUT2D eigenvalue weighted by molar-refractivity contribution is 7.88. The van der Waals surface area contributed by atoms with Crippen molar-refractivity contribution in [2.24, 2.45) is 5.92 Å². The van der Waals surface area contributed by atoms with Gasteiger partial charge < -0.3 is 4.52 Å². The van der Waals surface area contributed by atoms with E-state index in [1.807, 2.05) is 0 Å². The lowest BCUT2D eigenvalue weighted by Gasteiger charge is -2.17. The second kappa shape index (κ2) is 7.49. The van der Waals surface area contributed by atoms with Crippen LogP contribution in [0, 0.1) is 5.92 Å². The Balaban J connectivity index is 1.60. The van der Waals surface area contributed by atoms with Crippen LogP contribution < -0.4 is 4.72 Å². The largest absolute Gasteiger partial charge is 0.339 e. The highest BCUT2D eigenvalue weighted by Gasteiger charge is 2.34. The molecule has 2 aliphatic rings. The molecule has 0 bridgehead atoms. The van der Waals surface area contributed by atoms with Gasteiger partial charge >= 0.3 is 0 Å². The molecule has 1 N–H and O–H groups in total. The van der Waals surface area contributed by atoms with Gasteiger partial charge in [0.2, 0.25) is 15.9 Å². The fourth-order valence-electron chi connectivity index (χ4n) is 4.03. The first kappa shape index (κ1) is 17.8. The van der Waals surface area contributed by atoms with Crippen LogP contribution in [0.2, 0.25) is 0 Å². The monoisotopic (exact) mass is 356 g/mol. The first-order valence-corrected chi connectivity index (χ1v) is 10.9. The number of rotatable bonds is 7. The van der Waals surface area contributed by atoms with Crippen molar-refractivity contribution in [2.45, 2.75) is 64.0 Å². The van der Waals surface area contributed by atoms with Crippen molar-refractivity contribution in [3.8, 4) is 0 Å². The summed E-state index contributed by atoms with van der Waals surface area (Å²) in [4.78, 5) is 6.80. The van der Waals surface area contributed by atoms with Crippen molar-refractivity contribution in [1.29, 1.82) is 0 Å². The van der Waals surface area contributed by atoms with Crippen LogP contribution in [0.15, 0.2) is 4.52 Å². The standard InChI is InChI=1S/C16H28N4O3S/c1-3-6-13-9-20(10-14(13)19-24(2,21)22)11-15-17-16(23-18-15)12-7-4-5-8-12/h12-14,19H,3-11H2,1-2H3. The molecule has 2 unspecified atom stereocenters. The molecular weight excluding hydrogens is 328 g/mol. The molecule has 1 saturated heterocycles. The Kier molecular flexibility index (Phi) is 5.56. The highest BCUT2D eigenvalue weighted by Crippen LogP contribution is 2.33. The van der Waals surface area contributed by atoms with Gasteiger partial charge in [0, 0.05) is 25.0 Å². The molecule has 0 aromatic carbocycles. The van der Waals surface area contributed by atoms with E-state index in [-0.39, 0.29) is 6.04 Å². The molecule has 0 amide bonds. The Morgan fingerprint density at radius 2 is 2.04 bits per heavy atom. The third-order valence-electron chi connectivity index (χ3n) is 5.09. The Hall–Kier alpha value is -0.990. The summed E-state index contributed by atoms with van der Waals surface area (Å²) in [5.74, 6) is 2.26. The van der Waals surface area contributed by atoms with Crippen LogP contribution in [0.5, 0.6) is 0 Å². The van der Waals surface area contributed by atoms with Crippen LogP contribution in [0.3, 0.4) is 0 Å². The zero-order chi connectivity index (χ0) is 17.2. The quantitative estimate of drug-likeness (QED) is 0.802. The van der Waals surface area contributed by atoms with Crippen LogP contribution >= 0.6 is 0 Å². The van der Waals surface area contributed by atoms with E-state index in [2.05, 4.69) is 26.7 Å². The molecule has 1 aromatic rings. The van der Waals surface area contributed by atoms with Gasteiger partial charge in [-0.25, -0.2) is 13.1 Å². The van der Waals surface area contributed by atoms with E-state index in [4.69, 9.17) is 4.52 Å². The zero-order valence-electron chi connectivity index (χ0n) is 14.6. The molecule has 2 atom stereocenters. The topological polar surface area (TPSA) is 88.3 Å². The first-order valence-electron chi connectivity index (χ1n) is 8.96. The smallest absolute Gasteiger partial charge is 0.229 e. The molecule has 24 heavy (non-hydrogen) atoms. The molecule has 0 radical (unpaired) electrons. The molecule has 136 valence electrons. The van der Waals surface area contributed by atoms with Gasteiger partial charge in [0.25, 0.3) is 0 Å². The second-order valence-corrected chi connectivity index (χ2v) is 9.05. The summed E-state index contributed by atoms with van der Waals surface area (Å²) >= 11 is 0. The molecule has 0 spiro atoms. The van der Waals surface area contributed by atoms with E-state index in [9.17, 15) is 8.42 Å². The number of hydrogen-bond donors (Lipinski definition) is 1. The van der Waals surface area contributed by atoms with E-state index >= 15 is 0 Å². The van der Waals surface area contributed by atoms with Crippen LogP contribution in [-0.2, 0) is 16.6 Å². The first-order chi connectivity index (χ1) is 11.4. The predicted molar refractivity (Wildman–Crippen MR) is 90.9 cm³/mol. The molecule has 1 aliphatic heterocycles. The van der Waals surface area contributed by atoms with Crippen molar-refractivity contribution in [1.82, 2.24) is 19.8 Å². The lowest BCUT2D eigenvalue weighted by atomic mass is 9.99. The number of likely N-dealkylation sites (tertiary alicyclic amines) is 1. The summed E-state index contributed by atoms with van der Waals surface area (Å²) in [6.45, 7) is 4.32. The third-order valence-corrected chi connectivity index (χ3v) is 5.83. The molecular formula is C16H28N4O3S. The van der Waals surface area contributed by atoms with Crippen molar-refractivity contribution >= 4 is 10.0 Å². The van der Waals surface area contributed by atoms with E-state index < -0.39 is 10.0 Å². The van der Waals surface area contributed by atoms with E-state index in [0.29, 0.717) is 30.7 Å². The lowest BCUT2D eigenvalue weighted by Crippen LogP contribution is -2.39. The maximum Gasteiger partial charge on any atom is 0.229 e. The zero-order valence-corrected chi connectivity index (χ0v) is 15.4. The van der Waals surface area contributed by atoms with E-state index in [1.54, 1.807) is 0 Å². The maximum atomic E-state index is 11.6. The molecule has 8 heteroatoms.